The van der Waals surface area contributed by atoms with E-state index in [-0.39, 0.29) is 16.8 Å². The molecule has 1 amide bonds. The number of aromatic nitrogens is 2. The van der Waals surface area contributed by atoms with E-state index in [1.165, 1.54) is 6.42 Å². The molecule has 1 unspecified atom stereocenters. The zero-order valence-electron chi connectivity index (χ0n) is 20.6. The number of likely N-dealkylation sites (tertiary alicyclic amines) is 1. The van der Waals surface area contributed by atoms with Gasteiger partial charge >= 0.3 is 0 Å². The van der Waals surface area contributed by atoms with Crippen molar-refractivity contribution in [2.75, 3.05) is 37.8 Å². The second-order valence-corrected chi connectivity index (χ2v) is 12.1. The van der Waals surface area contributed by atoms with Crippen LogP contribution in [-0.4, -0.2) is 58.1 Å². The highest BCUT2D eigenvalue weighted by molar-refractivity contribution is 9.10. The summed E-state index contributed by atoms with van der Waals surface area (Å²) in [7, 11) is 0. The number of hydrogen-bond donors (Lipinski definition) is 2. The summed E-state index contributed by atoms with van der Waals surface area (Å²) in [5, 5.41) is 4.11. The van der Waals surface area contributed by atoms with Gasteiger partial charge in [0.15, 0.2) is 5.82 Å². The number of carbonyl (C=O) groups excluding carboxylic acids is 1. The number of imidazole rings is 1. The lowest BCUT2D eigenvalue weighted by atomic mass is 10.1. The first kappa shape index (κ1) is 26.7. The van der Waals surface area contributed by atoms with Crippen LogP contribution in [0.5, 0.6) is 0 Å². The van der Waals surface area contributed by atoms with Crippen LogP contribution in [0.1, 0.15) is 36.0 Å². The molecule has 1 aliphatic carbocycles. The number of halogens is 3. The van der Waals surface area contributed by atoms with Crippen LogP contribution >= 0.6 is 39.3 Å². The van der Waals surface area contributed by atoms with E-state index in [0.29, 0.717) is 40.5 Å². The van der Waals surface area contributed by atoms with Crippen molar-refractivity contribution in [2.24, 2.45) is 5.92 Å². The molecule has 1 aromatic heterocycles. The quantitative estimate of drug-likeness (QED) is 0.251. The van der Waals surface area contributed by atoms with E-state index < -0.39 is 11.7 Å². The van der Waals surface area contributed by atoms with Gasteiger partial charge in [-0.2, -0.15) is 11.8 Å². The minimum absolute atomic E-state index is 0.00895. The van der Waals surface area contributed by atoms with Gasteiger partial charge in [0.1, 0.15) is 5.52 Å². The Kier molecular flexibility index (Phi) is 8.60. The normalized spacial score (nSPS) is 18.0. The van der Waals surface area contributed by atoms with Crippen LogP contribution in [-0.2, 0) is 11.4 Å². The first-order valence-electron chi connectivity index (χ1n) is 12.5. The van der Waals surface area contributed by atoms with Gasteiger partial charge < -0.3 is 14.8 Å². The SMILES string of the molecule is CSC1CCN(CCCn2cnc3c(F)c(Nc4ccc(Br)cc4Cl)c(C(=O)NOCC4CC4)cc32)C1. The molecule has 1 saturated heterocycles. The summed E-state index contributed by atoms with van der Waals surface area (Å²) in [5.74, 6) is -0.656. The Morgan fingerprint density at radius 3 is 2.86 bits per heavy atom. The van der Waals surface area contributed by atoms with Crippen LogP contribution < -0.4 is 10.8 Å². The smallest absolute Gasteiger partial charge is 0.277 e. The van der Waals surface area contributed by atoms with Crippen molar-refractivity contribution in [1.82, 2.24) is 19.9 Å². The molecule has 0 radical (unpaired) electrons. The molecule has 0 bridgehead atoms. The summed E-state index contributed by atoms with van der Waals surface area (Å²) in [4.78, 5) is 25.4. The third-order valence-electron chi connectivity index (χ3n) is 6.91. The van der Waals surface area contributed by atoms with Crippen molar-refractivity contribution < 1.29 is 14.0 Å². The molecule has 5 rings (SSSR count). The number of hydrogen-bond acceptors (Lipinski definition) is 6. The summed E-state index contributed by atoms with van der Waals surface area (Å²) in [5.41, 5.74) is 3.88. The van der Waals surface area contributed by atoms with E-state index in [1.807, 2.05) is 16.3 Å². The number of nitrogens with zero attached hydrogens (tertiary/aromatic N) is 3. The number of anilines is 2. The molecular formula is C26H30BrClFN5O2S. The van der Waals surface area contributed by atoms with Crippen LogP contribution in [0.3, 0.4) is 0 Å². The molecule has 0 spiro atoms. The molecule has 1 aliphatic heterocycles. The molecule has 2 heterocycles. The van der Waals surface area contributed by atoms with Crippen LogP contribution in [0.4, 0.5) is 15.8 Å². The Labute approximate surface area is 233 Å². The lowest BCUT2D eigenvalue weighted by molar-refractivity contribution is 0.0271. The summed E-state index contributed by atoms with van der Waals surface area (Å²) in [6.07, 6.45) is 8.14. The number of benzene rings is 2. The molecule has 2 fully saturated rings. The van der Waals surface area contributed by atoms with Gasteiger partial charge in [0.2, 0.25) is 0 Å². The molecule has 198 valence electrons. The van der Waals surface area contributed by atoms with Gasteiger partial charge in [-0.1, -0.05) is 27.5 Å². The molecule has 11 heteroatoms. The van der Waals surface area contributed by atoms with Crippen molar-refractivity contribution in [2.45, 2.75) is 37.5 Å². The zero-order chi connectivity index (χ0) is 25.9. The maximum Gasteiger partial charge on any atom is 0.277 e. The summed E-state index contributed by atoms with van der Waals surface area (Å²) >= 11 is 11.7. The van der Waals surface area contributed by atoms with Gasteiger partial charge in [0, 0.05) is 22.8 Å². The lowest BCUT2D eigenvalue weighted by Gasteiger charge is -2.17. The van der Waals surface area contributed by atoms with Crippen LogP contribution in [0, 0.1) is 11.7 Å². The number of aryl methyl sites for hydroxylation is 1. The van der Waals surface area contributed by atoms with E-state index in [9.17, 15) is 4.79 Å². The van der Waals surface area contributed by atoms with Gasteiger partial charge in [0.25, 0.3) is 5.91 Å². The Morgan fingerprint density at radius 1 is 1.30 bits per heavy atom. The molecule has 3 aromatic rings. The van der Waals surface area contributed by atoms with Crippen molar-refractivity contribution in [3.63, 3.8) is 0 Å². The van der Waals surface area contributed by atoms with Gasteiger partial charge in [-0.15, -0.1) is 0 Å². The number of thioether (sulfide) groups is 1. The largest absolute Gasteiger partial charge is 0.351 e. The fraction of sp³-hybridized carbons (Fsp3) is 0.462. The number of hydroxylamine groups is 1. The molecule has 1 saturated carbocycles. The molecule has 2 N–H and O–H groups in total. The first-order chi connectivity index (χ1) is 17.9. The Balaban J connectivity index is 1.40. The number of fused-ring (bicyclic) bond motifs is 1. The standard InChI is InChI=1S/C26H30BrClFN5O2S/c1-37-18-7-10-33(13-18)8-2-9-34-15-30-25-22(34)12-19(26(35)32-36-14-16-3-4-16)24(23(25)29)31-21-6-5-17(27)11-20(21)28/h5-6,11-12,15-16,18,31H,2-4,7-10,13-14H2,1H3,(H,32,35). The molecule has 2 aliphatic rings. The highest BCUT2D eigenvalue weighted by Crippen LogP contribution is 2.35. The Bertz CT molecular complexity index is 1290. The topological polar surface area (TPSA) is 71.4 Å². The van der Waals surface area contributed by atoms with Crippen LogP contribution in [0.25, 0.3) is 11.0 Å². The molecule has 2 aromatic carbocycles. The van der Waals surface area contributed by atoms with E-state index in [2.05, 4.69) is 42.9 Å². The Morgan fingerprint density at radius 2 is 2.14 bits per heavy atom. The lowest BCUT2D eigenvalue weighted by Crippen LogP contribution is -2.26. The van der Waals surface area contributed by atoms with E-state index >= 15 is 4.39 Å². The van der Waals surface area contributed by atoms with Crippen LogP contribution in [0.15, 0.2) is 35.1 Å². The maximum absolute atomic E-state index is 15.9. The highest BCUT2D eigenvalue weighted by Gasteiger charge is 2.25. The minimum atomic E-state index is -0.607. The molecule has 37 heavy (non-hydrogen) atoms. The second-order valence-electron chi connectivity index (χ2n) is 9.65. The fourth-order valence-corrected chi connectivity index (χ4v) is 6.01. The molecule has 1 atom stereocenters. The predicted molar refractivity (Wildman–Crippen MR) is 151 cm³/mol. The van der Waals surface area contributed by atoms with E-state index in [4.69, 9.17) is 16.4 Å². The van der Waals surface area contributed by atoms with Gasteiger partial charge in [-0.25, -0.2) is 14.9 Å². The minimum Gasteiger partial charge on any atom is -0.351 e. The summed E-state index contributed by atoms with van der Waals surface area (Å²) in [6, 6.07) is 6.89. The third kappa shape index (κ3) is 6.42. The van der Waals surface area contributed by atoms with Gasteiger partial charge in [0.05, 0.1) is 40.4 Å². The van der Waals surface area contributed by atoms with Gasteiger partial charge in [-0.3, -0.25) is 9.63 Å². The fourth-order valence-electron chi connectivity index (χ4n) is 4.58. The molecule has 7 nitrogen and oxygen atoms in total. The monoisotopic (exact) mass is 609 g/mol. The third-order valence-corrected chi connectivity index (χ3v) is 8.77. The number of carbonyl (C=O) groups is 1. The molecular weight excluding hydrogens is 581 g/mol. The summed E-state index contributed by atoms with van der Waals surface area (Å²) < 4.78 is 18.6. The van der Waals surface area contributed by atoms with Gasteiger partial charge in [-0.05, 0) is 75.2 Å². The zero-order valence-corrected chi connectivity index (χ0v) is 23.8. The van der Waals surface area contributed by atoms with E-state index in [1.54, 1.807) is 30.6 Å². The van der Waals surface area contributed by atoms with Crippen molar-refractivity contribution in [3.8, 4) is 0 Å². The van der Waals surface area contributed by atoms with E-state index in [0.717, 1.165) is 43.4 Å². The van der Waals surface area contributed by atoms with Crippen molar-refractivity contribution in [1.29, 1.82) is 0 Å². The average Bonchev–Trinajstić information content (AvgIpc) is 3.43. The highest BCUT2D eigenvalue weighted by atomic mass is 79.9. The predicted octanol–water partition coefficient (Wildman–Crippen LogP) is 6.23. The number of amides is 1. The summed E-state index contributed by atoms with van der Waals surface area (Å²) in [6.45, 7) is 4.33. The van der Waals surface area contributed by atoms with Crippen molar-refractivity contribution >= 4 is 67.6 Å². The maximum atomic E-state index is 15.9. The van der Waals surface area contributed by atoms with Crippen LogP contribution in [0.2, 0.25) is 5.02 Å². The number of rotatable bonds is 11. The number of nitrogens with one attached hydrogen (secondary N) is 2. The van der Waals surface area contributed by atoms with Crippen molar-refractivity contribution in [3.05, 3.63) is 51.5 Å². The first-order valence-corrected chi connectivity index (χ1v) is 15.0. The second kappa shape index (κ2) is 11.9. The average molecular weight is 611 g/mol. The Hall–Kier alpha value is -1.85.